The van der Waals surface area contributed by atoms with Crippen molar-refractivity contribution in [2.45, 2.75) is 26.7 Å². The van der Waals surface area contributed by atoms with Crippen LogP contribution in [0.4, 0.5) is 17.5 Å². The van der Waals surface area contributed by atoms with E-state index in [-0.39, 0.29) is 11.5 Å². The van der Waals surface area contributed by atoms with Gasteiger partial charge in [0.1, 0.15) is 5.69 Å². The van der Waals surface area contributed by atoms with Crippen LogP contribution in [0.1, 0.15) is 25.5 Å². The van der Waals surface area contributed by atoms with Crippen molar-refractivity contribution in [2.24, 2.45) is 5.92 Å². The second kappa shape index (κ2) is 5.38. The van der Waals surface area contributed by atoms with Crippen LogP contribution in [0.5, 0.6) is 0 Å². The molecule has 7 nitrogen and oxygen atoms in total. The van der Waals surface area contributed by atoms with Crippen LogP contribution in [0.15, 0.2) is 0 Å². The Morgan fingerprint density at radius 1 is 1.37 bits per heavy atom. The average molecular weight is 265 g/mol. The van der Waals surface area contributed by atoms with E-state index >= 15 is 0 Å². The fourth-order valence-electron chi connectivity index (χ4n) is 2.30. The van der Waals surface area contributed by atoms with E-state index in [9.17, 15) is 10.1 Å². The Labute approximate surface area is 112 Å². The molecule has 1 aliphatic rings. The van der Waals surface area contributed by atoms with Gasteiger partial charge in [0.05, 0.1) is 4.92 Å². The molecule has 0 radical (unpaired) electrons. The molecule has 1 aromatic heterocycles. The summed E-state index contributed by atoms with van der Waals surface area (Å²) >= 11 is 0. The van der Waals surface area contributed by atoms with Crippen LogP contribution in [-0.4, -0.2) is 35.0 Å². The van der Waals surface area contributed by atoms with Gasteiger partial charge in [-0.3, -0.25) is 10.1 Å². The summed E-state index contributed by atoms with van der Waals surface area (Å²) in [5.41, 5.74) is 0.356. The maximum Gasteiger partial charge on any atom is 0.332 e. The third-order valence-corrected chi connectivity index (χ3v) is 3.53. The Hall–Kier alpha value is -1.92. The van der Waals surface area contributed by atoms with Gasteiger partial charge in [0, 0.05) is 20.1 Å². The van der Waals surface area contributed by atoms with Crippen molar-refractivity contribution in [2.75, 3.05) is 30.4 Å². The third-order valence-electron chi connectivity index (χ3n) is 3.53. The predicted octanol–water partition coefficient (Wildman–Crippen LogP) is 1.97. The lowest BCUT2D eigenvalue weighted by Gasteiger charge is -2.30. The van der Waals surface area contributed by atoms with Crippen molar-refractivity contribution in [1.29, 1.82) is 0 Å². The van der Waals surface area contributed by atoms with Crippen LogP contribution in [-0.2, 0) is 0 Å². The summed E-state index contributed by atoms with van der Waals surface area (Å²) in [5, 5.41) is 13.8. The van der Waals surface area contributed by atoms with Crippen molar-refractivity contribution in [3.05, 3.63) is 15.8 Å². The van der Waals surface area contributed by atoms with E-state index in [1.54, 1.807) is 14.0 Å². The molecule has 2 rings (SSSR count). The van der Waals surface area contributed by atoms with Gasteiger partial charge in [-0.1, -0.05) is 6.92 Å². The van der Waals surface area contributed by atoms with Gasteiger partial charge in [0.15, 0.2) is 0 Å². The third kappa shape index (κ3) is 2.74. The van der Waals surface area contributed by atoms with Crippen molar-refractivity contribution in [3.8, 4) is 0 Å². The van der Waals surface area contributed by atoms with Gasteiger partial charge in [0.25, 0.3) is 0 Å². The molecule has 19 heavy (non-hydrogen) atoms. The molecule has 0 aromatic carbocycles. The summed E-state index contributed by atoms with van der Waals surface area (Å²) in [7, 11) is 1.64. The monoisotopic (exact) mass is 265 g/mol. The number of anilines is 2. The van der Waals surface area contributed by atoms with Crippen molar-refractivity contribution >= 4 is 17.5 Å². The standard InChI is InChI=1S/C12H19N5O2/c1-8-4-6-16(7-5-8)12-14-9(2)10(17(18)19)11(13-3)15-12/h8H,4-7H2,1-3H3,(H,13,14,15). The summed E-state index contributed by atoms with van der Waals surface area (Å²) in [5.74, 6) is 1.59. The Kier molecular flexibility index (Phi) is 3.82. The van der Waals surface area contributed by atoms with Crippen LogP contribution >= 0.6 is 0 Å². The van der Waals surface area contributed by atoms with Crippen molar-refractivity contribution in [3.63, 3.8) is 0 Å². The van der Waals surface area contributed by atoms with Crippen LogP contribution in [0.25, 0.3) is 0 Å². The molecule has 0 atom stereocenters. The number of aryl methyl sites for hydroxylation is 1. The first kappa shape index (κ1) is 13.5. The fourth-order valence-corrected chi connectivity index (χ4v) is 2.30. The Balaban J connectivity index is 2.32. The lowest BCUT2D eigenvalue weighted by molar-refractivity contribution is -0.385. The van der Waals surface area contributed by atoms with Crippen LogP contribution in [0, 0.1) is 23.0 Å². The van der Waals surface area contributed by atoms with Gasteiger partial charge in [-0.05, 0) is 25.7 Å². The quantitative estimate of drug-likeness (QED) is 0.664. The van der Waals surface area contributed by atoms with Crippen LogP contribution in [0.3, 0.4) is 0 Å². The van der Waals surface area contributed by atoms with Crippen molar-refractivity contribution in [1.82, 2.24) is 9.97 Å². The fraction of sp³-hybridized carbons (Fsp3) is 0.667. The summed E-state index contributed by atoms with van der Waals surface area (Å²) in [6.07, 6.45) is 2.21. The van der Waals surface area contributed by atoms with E-state index in [0.717, 1.165) is 31.8 Å². The number of nitro groups is 1. The van der Waals surface area contributed by atoms with Gasteiger partial charge in [-0.25, -0.2) is 4.98 Å². The minimum Gasteiger partial charge on any atom is -0.367 e. The number of hydrogen-bond acceptors (Lipinski definition) is 6. The SMILES string of the molecule is CNc1nc(N2CCC(C)CC2)nc(C)c1[N+](=O)[O-]. The lowest BCUT2D eigenvalue weighted by Crippen LogP contribution is -2.34. The first-order valence-electron chi connectivity index (χ1n) is 6.48. The van der Waals surface area contributed by atoms with Crippen LogP contribution < -0.4 is 10.2 Å². The summed E-state index contributed by atoms with van der Waals surface area (Å²) in [6.45, 7) is 5.69. The summed E-state index contributed by atoms with van der Waals surface area (Å²) in [4.78, 5) is 21.2. The summed E-state index contributed by atoms with van der Waals surface area (Å²) in [6, 6.07) is 0. The molecule has 1 aliphatic heterocycles. The minimum atomic E-state index is -0.441. The highest BCUT2D eigenvalue weighted by atomic mass is 16.6. The van der Waals surface area contributed by atoms with Gasteiger partial charge in [0.2, 0.25) is 11.8 Å². The Morgan fingerprint density at radius 2 is 2.00 bits per heavy atom. The number of piperidine rings is 1. The topological polar surface area (TPSA) is 84.2 Å². The molecule has 1 fully saturated rings. The van der Waals surface area contributed by atoms with E-state index in [1.807, 2.05) is 0 Å². The molecule has 0 unspecified atom stereocenters. The lowest BCUT2D eigenvalue weighted by atomic mass is 10.00. The van der Waals surface area contributed by atoms with Crippen molar-refractivity contribution < 1.29 is 4.92 Å². The molecular weight excluding hydrogens is 246 g/mol. The zero-order chi connectivity index (χ0) is 14.0. The van der Waals surface area contributed by atoms with E-state index < -0.39 is 4.92 Å². The maximum atomic E-state index is 11.0. The Bertz CT molecular complexity index is 483. The second-order valence-electron chi connectivity index (χ2n) is 4.98. The molecule has 2 heterocycles. The molecule has 104 valence electrons. The number of aromatic nitrogens is 2. The largest absolute Gasteiger partial charge is 0.367 e. The van der Waals surface area contributed by atoms with Gasteiger partial charge >= 0.3 is 5.69 Å². The zero-order valence-corrected chi connectivity index (χ0v) is 11.5. The summed E-state index contributed by atoms with van der Waals surface area (Å²) < 4.78 is 0. The Morgan fingerprint density at radius 3 is 2.53 bits per heavy atom. The number of hydrogen-bond donors (Lipinski definition) is 1. The normalized spacial score (nSPS) is 16.5. The zero-order valence-electron chi connectivity index (χ0n) is 11.5. The molecule has 0 bridgehead atoms. The molecule has 7 heteroatoms. The van der Waals surface area contributed by atoms with E-state index in [4.69, 9.17) is 0 Å². The molecule has 1 saturated heterocycles. The van der Waals surface area contributed by atoms with Gasteiger partial charge in [-0.2, -0.15) is 4.98 Å². The smallest absolute Gasteiger partial charge is 0.332 e. The van der Waals surface area contributed by atoms with Crippen LogP contribution in [0.2, 0.25) is 0 Å². The molecule has 1 N–H and O–H groups in total. The van der Waals surface area contributed by atoms with Gasteiger partial charge in [-0.15, -0.1) is 0 Å². The first-order valence-corrected chi connectivity index (χ1v) is 6.48. The maximum absolute atomic E-state index is 11.0. The highest BCUT2D eigenvalue weighted by Crippen LogP contribution is 2.28. The highest BCUT2D eigenvalue weighted by molar-refractivity contribution is 5.60. The highest BCUT2D eigenvalue weighted by Gasteiger charge is 2.24. The minimum absolute atomic E-state index is 0.0448. The number of nitrogens with one attached hydrogen (secondary N) is 1. The molecule has 0 aliphatic carbocycles. The number of rotatable bonds is 3. The molecule has 0 saturated carbocycles. The molecular formula is C12H19N5O2. The molecule has 0 spiro atoms. The van der Waals surface area contributed by atoms with E-state index in [2.05, 4.69) is 27.1 Å². The second-order valence-corrected chi connectivity index (χ2v) is 4.98. The predicted molar refractivity (Wildman–Crippen MR) is 73.6 cm³/mol. The van der Waals surface area contributed by atoms with Gasteiger partial charge < -0.3 is 10.2 Å². The van der Waals surface area contributed by atoms with E-state index in [1.165, 1.54) is 0 Å². The molecule has 0 amide bonds. The average Bonchev–Trinajstić information content (AvgIpc) is 2.38. The number of nitrogens with zero attached hydrogens (tertiary/aromatic N) is 4. The first-order chi connectivity index (χ1) is 9.02. The van der Waals surface area contributed by atoms with E-state index in [0.29, 0.717) is 11.6 Å². The molecule has 1 aromatic rings.